The minimum Gasteiger partial charge on any atom is -0.496 e. The molecule has 0 aromatic heterocycles. The molecule has 5 heteroatoms. The van der Waals surface area contributed by atoms with Crippen molar-refractivity contribution in [3.8, 4) is 11.5 Å². The number of benzene rings is 3. The Balaban J connectivity index is 1.64. The van der Waals surface area contributed by atoms with Crippen molar-refractivity contribution in [3.63, 3.8) is 0 Å². The molecule has 3 aromatic rings. The van der Waals surface area contributed by atoms with Crippen LogP contribution in [0.1, 0.15) is 17.5 Å². The number of para-hydroxylation sites is 1. The molecule has 0 N–H and O–H groups in total. The minimum atomic E-state index is -0.422. The quantitative estimate of drug-likeness (QED) is 0.207. The largest absolute Gasteiger partial charge is 0.496 e. The molecule has 0 saturated heterocycles. The lowest BCUT2D eigenvalue weighted by Crippen LogP contribution is -2.11. The molecule has 30 heavy (non-hydrogen) atoms. The number of esters is 1. The van der Waals surface area contributed by atoms with Crippen molar-refractivity contribution in [1.82, 2.24) is 0 Å². The molecule has 3 rings (SSSR count). The Hall–Kier alpha value is -3.60. The molecular formula is C25H23FO4. The molecule has 0 aliphatic heterocycles. The van der Waals surface area contributed by atoms with Gasteiger partial charge in [0.15, 0.2) is 0 Å². The molecular weight excluding hydrogens is 383 g/mol. The van der Waals surface area contributed by atoms with Crippen molar-refractivity contribution in [2.24, 2.45) is 0 Å². The van der Waals surface area contributed by atoms with Crippen LogP contribution in [-0.2, 0) is 9.53 Å². The highest BCUT2D eigenvalue weighted by Gasteiger charge is 2.15. The van der Waals surface area contributed by atoms with Gasteiger partial charge in [-0.2, -0.15) is 0 Å². The molecule has 0 fully saturated rings. The Morgan fingerprint density at radius 2 is 1.60 bits per heavy atom. The van der Waals surface area contributed by atoms with Crippen LogP contribution in [0.3, 0.4) is 0 Å². The van der Waals surface area contributed by atoms with E-state index in [9.17, 15) is 9.18 Å². The summed E-state index contributed by atoms with van der Waals surface area (Å²) in [5, 5.41) is 0. The van der Waals surface area contributed by atoms with E-state index in [1.807, 2.05) is 54.6 Å². The van der Waals surface area contributed by atoms with Crippen LogP contribution in [-0.4, -0.2) is 26.3 Å². The van der Waals surface area contributed by atoms with Crippen LogP contribution in [0.15, 0.2) is 78.9 Å². The summed E-state index contributed by atoms with van der Waals surface area (Å²) in [5.41, 5.74) is 1.99. The van der Waals surface area contributed by atoms with E-state index in [1.165, 1.54) is 12.1 Å². The van der Waals surface area contributed by atoms with Gasteiger partial charge in [0.05, 0.1) is 25.9 Å². The predicted molar refractivity (Wildman–Crippen MR) is 115 cm³/mol. The first-order valence-corrected chi connectivity index (χ1v) is 9.63. The lowest BCUT2D eigenvalue weighted by atomic mass is 10.0. The molecule has 4 nitrogen and oxygen atoms in total. The third-order valence-electron chi connectivity index (χ3n) is 4.35. The summed E-state index contributed by atoms with van der Waals surface area (Å²) in [6.45, 7) is 0.561. The van der Waals surface area contributed by atoms with E-state index in [-0.39, 0.29) is 12.4 Å². The highest BCUT2D eigenvalue weighted by atomic mass is 19.1. The fourth-order valence-corrected chi connectivity index (χ4v) is 2.84. The topological polar surface area (TPSA) is 44.8 Å². The fourth-order valence-electron chi connectivity index (χ4n) is 2.84. The van der Waals surface area contributed by atoms with Gasteiger partial charge in [-0.25, -0.2) is 9.18 Å². The highest BCUT2D eigenvalue weighted by molar-refractivity contribution is 6.21. The number of ether oxygens (including phenoxy) is 3. The summed E-state index contributed by atoms with van der Waals surface area (Å²) in [7, 11) is 1.59. The van der Waals surface area contributed by atoms with Crippen LogP contribution in [0.5, 0.6) is 11.5 Å². The lowest BCUT2D eigenvalue weighted by Gasteiger charge is -2.11. The third kappa shape index (κ3) is 5.95. The second-order valence-electron chi connectivity index (χ2n) is 6.46. The van der Waals surface area contributed by atoms with Crippen LogP contribution in [0.25, 0.3) is 11.6 Å². The van der Waals surface area contributed by atoms with Crippen LogP contribution >= 0.6 is 0 Å². The van der Waals surface area contributed by atoms with Gasteiger partial charge < -0.3 is 14.2 Å². The highest BCUT2D eigenvalue weighted by Crippen LogP contribution is 2.25. The molecule has 0 heterocycles. The van der Waals surface area contributed by atoms with E-state index in [0.717, 1.165) is 11.1 Å². The summed E-state index contributed by atoms with van der Waals surface area (Å²) in [4.78, 5) is 12.8. The molecule has 0 spiro atoms. The van der Waals surface area contributed by atoms with E-state index >= 15 is 0 Å². The third-order valence-corrected chi connectivity index (χ3v) is 4.35. The van der Waals surface area contributed by atoms with E-state index in [2.05, 4.69) is 0 Å². The average Bonchev–Trinajstić information content (AvgIpc) is 2.79. The van der Waals surface area contributed by atoms with Gasteiger partial charge in [0, 0.05) is 12.0 Å². The number of hydrogen-bond donors (Lipinski definition) is 0. The van der Waals surface area contributed by atoms with Gasteiger partial charge in [-0.15, -0.1) is 0 Å². The molecule has 0 amide bonds. The van der Waals surface area contributed by atoms with Crippen LogP contribution in [0.2, 0.25) is 0 Å². The Kier molecular flexibility index (Phi) is 7.61. The van der Waals surface area contributed by atoms with E-state index in [1.54, 1.807) is 25.3 Å². The zero-order valence-electron chi connectivity index (χ0n) is 16.7. The van der Waals surface area contributed by atoms with Gasteiger partial charge >= 0.3 is 5.97 Å². The maximum Gasteiger partial charge on any atom is 0.338 e. The smallest absolute Gasteiger partial charge is 0.338 e. The van der Waals surface area contributed by atoms with Crippen molar-refractivity contribution in [3.05, 3.63) is 95.8 Å². The number of carbonyl (C=O) groups is 1. The van der Waals surface area contributed by atoms with Gasteiger partial charge in [-0.3, -0.25) is 0 Å². The number of hydrogen-bond acceptors (Lipinski definition) is 4. The summed E-state index contributed by atoms with van der Waals surface area (Å²) < 4.78 is 29.3. The van der Waals surface area contributed by atoms with Crippen LogP contribution < -0.4 is 9.47 Å². The molecule has 0 aliphatic carbocycles. The van der Waals surface area contributed by atoms with Crippen molar-refractivity contribution in [1.29, 1.82) is 0 Å². The number of halogens is 1. The number of rotatable bonds is 9. The Bertz CT molecular complexity index is 982. The molecule has 0 aliphatic rings. The normalized spacial score (nSPS) is 11.1. The van der Waals surface area contributed by atoms with Crippen molar-refractivity contribution in [2.75, 3.05) is 20.3 Å². The first-order chi connectivity index (χ1) is 14.7. The predicted octanol–water partition coefficient (Wildman–Crippen LogP) is 5.39. The summed E-state index contributed by atoms with van der Waals surface area (Å²) in [6, 6.07) is 22.6. The molecule has 0 saturated carbocycles. The first kappa shape index (κ1) is 21.1. The first-order valence-electron chi connectivity index (χ1n) is 9.63. The average molecular weight is 406 g/mol. The molecule has 0 bridgehead atoms. The summed E-state index contributed by atoms with van der Waals surface area (Å²) in [5.74, 6) is 0.510. The molecule has 3 aromatic carbocycles. The summed E-state index contributed by atoms with van der Waals surface area (Å²) in [6.07, 6.45) is 2.28. The maximum atomic E-state index is 12.9. The standard InChI is InChI=1S/C25H23FO4/c1-28-24-11-6-5-10-20(24)18-23(19-8-3-2-4-9-19)25(27)30-17-7-16-29-22-14-12-21(26)13-15-22/h2-6,8-15,18H,7,16-17H2,1H3/b23-18+. The SMILES string of the molecule is COc1ccccc1/C=C(/C(=O)OCCCOc1ccc(F)cc1)c1ccccc1. The minimum absolute atomic E-state index is 0.204. The molecule has 0 unspecified atom stereocenters. The van der Waals surface area contributed by atoms with E-state index < -0.39 is 5.97 Å². The monoisotopic (exact) mass is 406 g/mol. The van der Waals surface area contributed by atoms with Crippen molar-refractivity contribution in [2.45, 2.75) is 6.42 Å². The van der Waals surface area contributed by atoms with Gasteiger partial charge in [-0.1, -0.05) is 48.5 Å². The van der Waals surface area contributed by atoms with Crippen molar-refractivity contribution >= 4 is 17.6 Å². The van der Waals surface area contributed by atoms with Gasteiger partial charge in [0.1, 0.15) is 17.3 Å². The Morgan fingerprint density at radius 1 is 0.900 bits per heavy atom. The van der Waals surface area contributed by atoms with Gasteiger partial charge in [-0.05, 0) is 42.0 Å². The van der Waals surface area contributed by atoms with Gasteiger partial charge in [0.2, 0.25) is 0 Å². The molecule has 0 atom stereocenters. The number of methoxy groups -OCH3 is 1. The Labute approximate surface area is 175 Å². The second kappa shape index (κ2) is 10.8. The van der Waals surface area contributed by atoms with Gasteiger partial charge in [0.25, 0.3) is 0 Å². The molecule has 154 valence electrons. The maximum absolute atomic E-state index is 12.9. The lowest BCUT2D eigenvalue weighted by molar-refractivity contribution is -0.136. The Morgan fingerprint density at radius 3 is 2.33 bits per heavy atom. The fraction of sp³-hybridized carbons (Fsp3) is 0.160. The van der Waals surface area contributed by atoms with Crippen LogP contribution in [0, 0.1) is 5.82 Å². The second-order valence-corrected chi connectivity index (χ2v) is 6.46. The van der Waals surface area contributed by atoms with E-state index in [4.69, 9.17) is 14.2 Å². The van der Waals surface area contributed by atoms with E-state index in [0.29, 0.717) is 30.1 Å². The number of carbonyl (C=O) groups excluding carboxylic acids is 1. The molecule has 0 radical (unpaired) electrons. The van der Waals surface area contributed by atoms with Crippen molar-refractivity contribution < 1.29 is 23.4 Å². The van der Waals surface area contributed by atoms with Crippen LogP contribution in [0.4, 0.5) is 4.39 Å². The summed E-state index contributed by atoms with van der Waals surface area (Å²) >= 11 is 0. The zero-order chi connectivity index (χ0) is 21.2. The zero-order valence-corrected chi connectivity index (χ0v) is 16.7.